The molecule has 0 spiro atoms. The normalized spacial score (nSPS) is 17.0. The maximum atomic E-state index is 12.2. The second kappa shape index (κ2) is 7.12. The van der Waals surface area contributed by atoms with Crippen molar-refractivity contribution in [2.45, 2.75) is 19.0 Å². The van der Waals surface area contributed by atoms with Gasteiger partial charge in [-0.3, -0.25) is 9.59 Å². The molecular formula is C18H20N4O2. The van der Waals surface area contributed by atoms with Gasteiger partial charge in [-0.2, -0.15) is 0 Å². The first-order chi connectivity index (χ1) is 11.7. The van der Waals surface area contributed by atoms with Crippen LogP contribution < -0.4 is 10.6 Å². The summed E-state index contributed by atoms with van der Waals surface area (Å²) >= 11 is 0. The molecule has 1 aromatic carbocycles. The Morgan fingerprint density at radius 1 is 1.21 bits per heavy atom. The van der Waals surface area contributed by atoms with Crippen molar-refractivity contribution in [1.82, 2.24) is 15.2 Å². The van der Waals surface area contributed by atoms with Crippen molar-refractivity contribution in [3.05, 3.63) is 59.8 Å². The summed E-state index contributed by atoms with van der Waals surface area (Å²) in [6.07, 6.45) is 0.429. The van der Waals surface area contributed by atoms with Crippen molar-refractivity contribution >= 4 is 17.6 Å². The van der Waals surface area contributed by atoms with Crippen LogP contribution in [-0.2, 0) is 11.3 Å². The van der Waals surface area contributed by atoms with Gasteiger partial charge < -0.3 is 15.5 Å². The number of anilines is 1. The Bertz CT molecular complexity index is 733. The molecule has 1 atom stereocenters. The Morgan fingerprint density at radius 2 is 2.00 bits per heavy atom. The van der Waals surface area contributed by atoms with Crippen LogP contribution in [0.2, 0.25) is 0 Å². The molecule has 2 heterocycles. The van der Waals surface area contributed by atoms with Gasteiger partial charge in [0, 0.05) is 26.6 Å². The maximum Gasteiger partial charge on any atom is 0.269 e. The van der Waals surface area contributed by atoms with E-state index in [4.69, 9.17) is 0 Å². The van der Waals surface area contributed by atoms with Gasteiger partial charge in [-0.15, -0.1) is 0 Å². The van der Waals surface area contributed by atoms with E-state index in [1.54, 1.807) is 25.2 Å². The first-order valence-corrected chi connectivity index (χ1v) is 7.93. The Labute approximate surface area is 140 Å². The number of likely N-dealkylation sites (tertiary alicyclic amines) is 1. The van der Waals surface area contributed by atoms with Gasteiger partial charge in [0.15, 0.2) is 0 Å². The highest BCUT2D eigenvalue weighted by Gasteiger charge is 2.29. The molecule has 1 aromatic heterocycles. The summed E-state index contributed by atoms with van der Waals surface area (Å²) in [5.74, 6) is 0.501. The summed E-state index contributed by atoms with van der Waals surface area (Å²) in [6.45, 7) is 1.24. The molecule has 24 heavy (non-hydrogen) atoms. The van der Waals surface area contributed by atoms with Gasteiger partial charge in [0.05, 0.1) is 6.04 Å². The molecule has 2 aromatic rings. The number of carbonyl (C=O) groups is 2. The first kappa shape index (κ1) is 16.0. The summed E-state index contributed by atoms with van der Waals surface area (Å²) in [6, 6.07) is 15.2. The van der Waals surface area contributed by atoms with Crippen LogP contribution in [0.25, 0.3) is 0 Å². The molecule has 0 saturated carbocycles. The largest absolute Gasteiger partial charge is 0.365 e. The molecule has 1 aliphatic heterocycles. The number of hydrogen-bond donors (Lipinski definition) is 2. The van der Waals surface area contributed by atoms with Crippen LogP contribution in [-0.4, -0.2) is 41.3 Å². The zero-order chi connectivity index (χ0) is 16.9. The maximum absolute atomic E-state index is 12.2. The number of nitrogens with zero attached hydrogens (tertiary/aromatic N) is 2. The van der Waals surface area contributed by atoms with E-state index >= 15 is 0 Å². The molecule has 2 N–H and O–H groups in total. The topological polar surface area (TPSA) is 74.3 Å². The van der Waals surface area contributed by atoms with Crippen molar-refractivity contribution in [2.75, 3.05) is 18.9 Å². The molecule has 1 aliphatic rings. The number of aromatic nitrogens is 1. The third-order valence-corrected chi connectivity index (χ3v) is 3.99. The number of hydrogen-bond acceptors (Lipinski definition) is 4. The third-order valence-electron chi connectivity index (χ3n) is 3.99. The minimum absolute atomic E-state index is 0.00588. The van der Waals surface area contributed by atoms with E-state index in [0.717, 1.165) is 5.56 Å². The Hall–Kier alpha value is -2.89. The summed E-state index contributed by atoms with van der Waals surface area (Å²) in [5.41, 5.74) is 1.47. The first-order valence-electron chi connectivity index (χ1n) is 7.93. The standard InChI is InChI=1S/C18H20N4O2/c1-19-18(24)15-8-5-9-16(21-15)20-14-10-17(23)22(12-14)11-13-6-3-2-4-7-13/h2-9,14H,10-12H2,1H3,(H,19,24)(H,20,21)/t14-/m1/s1. The van der Waals surface area contributed by atoms with Crippen molar-refractivity contribution in [2.24, 2.45) is 0 Å². The van der Waals surface area contributed by atoms with Gasteiger partial charge in [0.25, 0.3) is 5.91 Å². The average molecular weight is 324 g/mol. The van der Waals surface area contributed by atoms with Crippen LogP contribution in [0.3, 0.4) is 0 Å². The lowest BCUT2D eigenvalue weighted by atomic mass is 10.2. The van der Waals surface area contributed by atoms with E-state index in [-0.39, 0.29) is 17.9 Å². The fourth-order valence-corrected chi connectivity index (χ4v) is 2.80. The number of carbonyl (C=O) groups excluding carboxylic acids is 2. The van der Waals surface area contributed by atoms with Crippen molar-refractivity contribution < 1.29 is 9.59 Å². The molecule has 1 saturated heterocycles. The zero-order valence-corrected chi connectivity index (χ0v) is 13.5. The predicted molar refractivity (Wildman–Crippen MR) is 91.5 cm³/mol. The zero-order valence-electron chi connectivity index (χ0n) is 13.5. The Balaban J connectivity index is 1.63. The van der Waals surface area contributed by atoms with Crippen molar-refractivity contribution in [1.29, 1.82) is 0 Å². The van der Waals surface area contributed by atoms with Crippen LogP contribution in [0.1, 0.15) is 22.5 Å². The summed E-state index contributed by atoms with van der Waals surface area (Å²) in [5, 5.41) is 5.80. The second-order valence-electron chi connectivity index (χ2n) is 5.79. The van der Waals surface area contributed by atoms with E-state index in [9.17, 15) is 9.59 Å². The smallest absolute Gasteiger partial charge is 0.269 e. The van der Waals surface area contributed by atoms with Crippen LogP contribution in [0.4, 0.5) is 5.82 Å². The predicted octanol–water partition coefficient (Wildman–Crippen LogP) is 1.65. The van der Waals surface area contributed by atoms with E-state index in [1.165, 1.54) is 0 Å². The lowest BCUT2D eigenvalue weighted by Crippen LogP contribution is -2.28. The number of rotatable bonds is 5. The van der Waals surface area contributed by atoms with E-state index in [0.29, 0.717) is 31.0 Å². The average Bonchev–Trinajstić information content (AvgIpc) is 2.94. The number of pyridine rings is 1. The van der Waals surface area contributed by atoms with Gasteiger partial charge in [-0.05, 0) is 17.7 Å². The van der Waals surface area contributed by atoms with Crippen LogP contribution in [0.15, 0.2) is 48.5 Å². The second-order valence-corrected chi connectivity index (χ2v) is 5.79. The van der Waals surface area contributed by atoms with Crippen LogP contribution in [0, 0.1) is 0 Å². The van der Waals surface area contributed by atoms with E-state index < -0.39 is 0 Å². The minimum atomic E-state index is -0.230. The lowest BCUT2D eigenvalue weighted by molar-refractivity contribution is -0.128. The molecule has 0 bridgehead atoms. The Kier molecular flexibility index (Phi) is 4.74. The number of benzene rings is 1. The summed E-state index contributed by atoms with van der Waals surface area (Å²) < 4.78 is 0. The van der Waals surface area contributed by atoms with Gasteiger partial charge in [-0.25, -0.2) is 4.98 Å². The van der Waals surface area contributed by atoms with Crippen LogP contribution >= 0.6 is 0 Å². The number of amides is 2. The monoisotopic (exact) mass is 324 g/mol. The van der Waals surface area contributed by atoms with Gasteiger partial charge in [0.1, 0.15) is 11.5 Å². The summed E-state index contributed by atoms with van der Waals surface area (Å²) in [4.78, 5) is 30.0. The van der Waals surface area contributed by atoms with E-state index in [2.05, 4.69) is 15.6 Å². The summed E-state index contributed by atoms with van der Waals surface area (Å²) in [7, 11) is 1.57. The van der Waals surface area contributed by atoms with Gasteiger partial charge >= 0.3 is 0 Å². The van der Waals surface area contributed by atoms with Crippen molar-refractivity contribution in [3.8, 4) is 0 Å². The Morgan fingerprint density at radius 3 is 2.75 bits per heavy atom. The SMILES string of the molecule is CNC(=O)c1cccc(N[C@@H]2CC(=O)N(Cc3ccccc3)C2)n1. The quantitative estimate of drug-likeness (QED) is 0.877. The number of nitrogens with one attached hydrogen (secondary N) is 2. The molecule has 6 heteroatoms. The highest BCUT2D eigenvalue weighted by molar-refractivity contribution is 5.92. The highest BCUT2D eigenvalue weighted by Crippen LogP contribution is 2.18. The molecule has 6 nitrogen and oxygen atoms in total. The van der Waals surface area contributed by atoms with Crippen LogP contribution in [0.5, 0.6) is 0 Å². The fraction of sp³-hybridized carbons (Fsp3) is 0.278. The van der Waals surface area contributed by atoms with E-state index in [1.807, 2.05) is 35.2 Å². The highest BCUT2D eigenvalue weighted by atomic mass is 16.2. The van der Waals surface area contributed by atoms with Gasteiger partial charge in [0.2, 0.25) is 5.91 Å². The molecule has 124 valence electrons. The van der Waals surface area contributed by atoms with Gasteiger partial charge in [-0.1, -0.05) is 36.4 Å². The minimum Gasteiger partial charge on any atom is -0.365 e. The molecule has 0 radical (unpaired) electrons. The van der Waals surface area contributed by atoms with Crippen molar-refractivity contribution in [3.63, 3.8) is 0 Å². The molecule has 2 amide bonds. The third kappa shape index (κ3) is 3.71. The molecular weight excluding hydrogens is 304 g/mol. The molecule has 3 rings (SSSR count). The molecule has 0 unspecified atom stereocenters. The molecule has 0 aliphatic carbocycles. The molecule has 1 fully saturated rings. The lowest BCUT2D eigenvalue weighted by Gasteiger charge is -2.17. The fourth-order valence-electron chi connectivity index (χ4n) is 2.80.